The third-order valence-electron chi connectivity index (χ3n) is 3.88. The van der Waals surface area contributed by atoms with Crippen molar-refractivity contribution in [3.8, 4) is 0 Å². The first-order valence-electron chi connectivity index (χ1n) is 6.41. The van der Waals surface area contributed by atoms with Crippen molar-refractivity contribution in [2.75, 3.05) is 13.1 Å². The highest BCUT2D eigenvalue weighted by atomic mass is 16.3. The van der Waals surface area contributed by atoms with Crippen LogP contribution >= 0.6 is 0 Å². The van der Waals surface area contributed by atoms with E-state index in [1.165, 1.54) is 32.1 Å². The normalized spacial score (nSPS) is 24.8. The van der Waals surface area contributed by atoms with E-state index >= 15 is 0 Å². The molecular formula is C13H27NO. The third-order valence-corrected chi connectivity index (χ3v) is 3.88. The lowest BCUT2D eigenvalue weighted by atomic mass is 9.75. The highest BCUT2D eigenvalue weighted by molar-refractivity contribution is 4.82. The first-order chi connectivity index (χ1) is 6.97. The van der Waals surface area contributed by atoms with Gasteiger partial charge in [0, 0.05) is 13.1 Å². The fourth-order valence-corrected chi connectivity index (χ4v) is 2.34. The fourth-order valence-electron chi connectivity index (χ4n) is 2.34. The molecule has 0 amide bonds. The van der Waals surface area contributed by atoms with Gasteiger partial charge in [0.2, 0.25) is 0 Å². The Hall–Kier alpha value is -0.0800. The molecule has 0 aliphatic heterocycles. The van der Waals surface area contributed by atoms with Crippen molar-refractivity contribution in [3.05, 3.63) is 0 Å². The topological polar surface area (TPSA) is 32.3 Å². The van der Waals surface area contributed by atoms with Crippen LogP contribution in [0.1, 0.15) is 59.3 Å². The average molecular weight is 213 g/mol. The van der Waals surface area contributed by atoms with E-state index in [0.29, 0.717) is 5.41 Å². The van der Waals surface area contributed by atoms with Crippen LogP contribution in [-0.2, 0) is 0 Å². The maximum atomic E-state index is 9.87. The van der Waals surface area contributed by atoms with Crippen LogP contribution in [0.15, 0.2) is 0 Å². The second-order valence-corrected chi connectivity index (χ2v) is 5.83. The minimum Gasteiger partial charge on any atom is -0.389 e. The SMILES string of the molecule is CCC(C)(O)CNCC1(C)CCCCC1. The van der Waals surface area contributed by atoms with Gasteiger partial charge in [-0.05, 0) is 31.6 Å². The molecule has 1 rings (SSSR count). The van der Waals surface area contributed by atoms with E-state index in [1.807, 2.05) is 13.8 Å². The second kappa shape index (κ2) is 5.31. The summed E-state index contributed by atoms with van der Waals surface area (Å²) in [6.07, 6.45) is 7.66. The number of hydrogen-bond acceptors (Lipinski definition) is 2. The predicted molar refractivity (Wildman–Crippen MR) is 65.0 cm³/mol. The molecule has 0 radical (unpaired) electrons. The van der Waals surface area contributed by atoms with Gasteiger partial charge in [-0.3, -0.25) is 0 Å². The van der Waals surface area contributed by atoms with Crippen molar-refractivity contribution in [1.29, 1.82) is 0 Å². The molecular weight excluding hydrogens is 186 g/mol. The van der Waals surface area contributed by atoms with E-state index in [2.05, 4.69) is 12.2 Å². The predicted octanol–water partition coefficient (Wildman–Crippen LogP) is 2.71. The molecule has 0 aromatic rings. The molecule has 0 bridgehead atoms. The van der Waals surface area contributed by atoms with Gasteiger partial charge in [0.1, 0.15) is 0 Å². The van der Waals surface area contributed by atoms with Crippen molar-refractivity contribution >= 4 is 0 Å². The molecule has 0 heterocycles. The molecule has 0 saturated heterocycles. The number of hydrogen-bond donors (Lipinski definition) is 2. The summed E-state index contributed by atoms with van der Waals surface area (Å²) in [5, 5.41) is 13.3. The number of aliphatic hydroxyl groups is 1. The van der Waals surface area contributed by atoms with Gasteiger partial charge in [-0.1, -0.05) is 33.1 Å². The van der Waals surface area contributed by atoms with Crippen LogP contribution in [0.4, 0.5) is 0 Å². The lowest BCUT2D eigenvalue weighted by Gasteiger charge is -2.35. The highest BCUT2D eigenvalue weighted by Gasteiger charge is 2.27. The van der Waals surface area contributed by atoms with Crippen molar-refractivity contribution in [2.45, 2.75) is 64.9 Å². The van der Waals surface area contributed by atoms with Gasteiger partial charge in [-0.2, -0.15) is 0 Å². The first-order valence-corrected chi connectivity index (χ1v) is 6.41. The Morgan fingerprint density at radius 2 is 1.87 bits per heavy atom. The Morgan fingerprint density at radius 3 is 2.40 bits per heavy atom. The van der Waals surface area contributed by atoms with Gasteiger partial charge < -0.3 is 10.4 Å². The van der Waals surface area contributed by atoms with Gasteiger partial charge in [-0.15, -0.1) is 0 Å². The molecule has 0 spiro atoms. The second-order valence-electron chi connectivity index (χ2n) is 5.83. The zero-order valence-electron chi connectivity index (χ0n) is 10.6. The van der Waals surface area contributed by atoms with Crippen LogP contribution in [0.3, 0.4) is 0 Å². The number of rotatable bonds is 5. The quantitative estimate of drug-likeness (QED) is 0.736. The summed E-state index contributed by atoms with van der Waals surface area (Å²) in [4.78, 5) is 0. The maximum absolute atomic E-state index is 9.87. The summed E-state index contributed by atoms with van der Waals surface area (Å²) in [6.45, 7) is 8.09. The summed E-state index contributed by atoms with van der Waals surface area (Å²) in [7, 11) is 0. The van der Waals surface area contributed by atoms with Crippen LogP contribution < -0.4 is 5.32 Å². The monoisotopic (exact) mass is 213 g/mol. The lowest BCUT2D eigenvalue weighted by Crippen LogP contribution is -2.42. The van der Waals surface area contributed by atoms with E-state index in [9.17, 15) is 5.11 Å². The van der Waals surface area contributed by atoms with Gasteiger partial charge in [-0.25, -0.2) is 0 Å². The summed E-state index contributed by atoms with van der Waals surface area (Å²) in [5.74, 6) is 0. The zero-order valence-corrected chi connectivity index (χ0v) is 10.6. The fraction of sp³-hybridized carbons (Fsp3) is 1.00. The van der Waals surface area contributed by atoms with Crippen molar-refractivity contribution in [1.82, 2.24) is 5.32 Å². The molecule has 2 N–H and O–H groups in total. The van der Waals surface area contributed by atoms with Gasteiger partial charge in [0.15, 0.2) is 0 Å². The Balaban J connectivity index is 2.24. The van der Waals surface area contributed by atoms with Crippen LogP contribution in [-0.4, -0.2) is 23.8 Å². The molecule has 15 heavy (non-hydrogen) atoms. The van der Waals surface area contributed by atoms with Crippen LogP contribution in [0.5, 0.6) is 0 Å². The molecule has 1 saturated carbocycles. The van der Waals surface area contributed by atoms with Crippen LogP contribution in [0, 0.1) is 5.41 Å². The lowest BCUT2D eigenvalue weighted by molar-refractivity contribution is 0.0513. The summed E-state index contributed by atoms with van der Waals surface area (Å²) < 4.78 is 0. The molecule has 2 heteroatoms. The third kappa shape index (κ3) is 4.52. The molecule has 90 valence electrons. The smallest absolute Gasteiger partial charge is 0.0740 e. The molecule has 1 atom stereocenters. The molecule has 0 aromatic heterocycles. The summed E-state index contributed by atoms with van der Waals surface area (Å²) in [5.41, 5.74) is -0.0624. The van der Waals surface area contributed by atoms with E-state index in [1.54, 1.807) is 0 Å². The molecule has 1 aliphatic carbocycles. The van der Waals surface area contributed by atoms with E-state index in [-0.39, 0.29) is 0 Å². The minimum atomic E-state index is -0.537. The Labute approximate surface area is 94.5 Å². The summed E-state index contributed by atoms with van der Waals surface area (Å²) >= 11 is 0. The Morgan fingerprint density at radius 1 is 1.27 bits per heavy atom. The van der Waals surface area contributed by atoms with Crippen molar-refractivity contribution in [3.63, 3.8) is 0 Å². The molecule has 1 unspecified atom stereocenters. The van der Waals surface area contributed by atoms with E-state index in [0.717, 1.165) is 19.5 Å². The van der Waals surface area contributed by atoms with E-state index < -0.39 is 5.60 Å². The highest BCUT2D eigenvalue weighted by Crippen LogP contribution is 2.34. The van der Waals surface area contributed by atoms with Crippen LogP contribution in [0.2, 0.25) is 0 Å². The van der Waals surface area contributed by atoms with Gasteiger partial charge in [0.25, 0.3) is 0 Å². The van der Waals surface area contributed by atoms with Crippen molar-refractivity contribution < 1.29 is 5.11 Å². The number of nitrogens with one attached hydrogen (secondary N) is 1. The minimum absolute atomic E-state index is 0.474. The first kappa shape index (κ1) is 13.0. The van der Waals surface area contributed by atoms with Gasteiger partial charge in [0.05, 0.1) is 5.60 Å². The summed E-state index contributed by atoms with van der Waals surface area (Å²) in [6, 6.07) is 0. The van der Waals surface area contributed by atoms with Crippen molar-refractivity contribution in [2.24, 2.45) is 5.41 Å². The molecule has 1 aliphatic rings. The maximum Gasteiger partial charge on any atom is 0.0740 e. The average Bonchev–Trinajstić information content (AvgIpc) is 2.18. The van der Waals surface area contributed by atoms with Gasteiger partial charge >= 0.3 is 0 Å². The Kier molecular flexibility index (Phi) is 4.60. The molecule has 2 nitrogen and oxygen atoms in total. The zero-order chi connectivity index (χ0) is 11.4. The molecule has 0 aromatic carbocycles. The largest absolute Gasteiger partial charge is 0.389 e. The molecule has 1 fully saturated rings. The van der Waals surface area contributed by atoms with Crippen LogP contribution in [0.25, 0.3) is 0 Å². The standard InChI is InChI=1S/C13H27NO/c1-4-13(3,15)11-14-10-12(2)8-6-5-7-9-12/h14-15H,4-11H2,1-3H3. The van der Waals surface area contributed by atoms with E-state index in [4.69, 9.17) is 0 Å². The Bertz CT molecular complexity index is 183.